The van der Waals surface area contributed by atoms with E-state index in [4.69, 9.17) is 17.3 Å². The largest absolute Gasteiger partial charge is 0.323 e. The minimum atomic E-state index is -0.538. The Bertz CT molecular complexity index is 627. The molecule has 0 saturated carbocycles. The molecule has 1 aromatic carbocycles. The minimum absolute atomic E-state index is 0.238. The van der Waals surface area contributed by atoms with E-state index in [9.17, 15) is 4.79 Å². The summed E-state index contributed by atoms with van der Waals surface area (Å²) in [5.74, 6) is -0.238. The molecule has 1 amide bonds. The van der Waals surface area contributed by atoms with Crippen LogP contribution in [0.4, 0.5) is 5.69 Å². The molecule has 0 aliphatic carbocycles. The lowest BCUT2D eigenvalue weighted by Crippen LogP contribution is -2.34. The summed E-state index contributed by atoms with van der Waals surface area (Å²) in [5.41, 5.74) is 8.09. The molecule has 2 rings (SSSR count). The summed E-state index contributed by atoms with van der Waals surface area (Å²) >= 11 is 6.22. The van der Waals surface area contributed by atoms with E-state index in [2.05, 4.69) is 10.3 Å². The van der Waals surface area contributed by atoms with Gasteiger partial charge in [0.15, 0.2) is 0 Å². The maximum atomic E-state index is 11.9. The predicted molar refractivity (Wildman–Crippen MR) is 78.4 cm³/mol. The number of amides is 1. The lowest BCUT2D eigenvalue weighted by Gasteiger charge is -2.14. The SMILES string of the molecule is CCC(N)C(=O)Nc1c(Cl)cc(C)c2ncccc12. The van der Waals surface area contributed by atoms with Gasteiger partial charge in [0.25, 0.3) is 0 Å². The van der Waals surface area contributed by atoms with Gasteiger partial charge in [-0.3, -0.25) is 9.78 Å². The standard InChI is InChI=1S/C14H16ClN3O/c1-3-11(16)14(19)18-13-9-5-4-6-17-12(9)8(2)7-10(13)15/h4-7,11H,3,16H2,1-2H3,(H,18,19). The number of hydrogen-bond donors (Lipinski definition) is 2. The van der Waals surface area contributed by atoms with E-state index in [1.54, 1.807) is 12.3 Å². The van der Waals surface area contributed by atoms with E-state index in [1.807, 2.05) is 26.0 Å². The van der Waals surface area contributed by atoms with Gasteiger partial charge in [0, 0.05) is 11.6 Å². The molecule has 1 unspecified atom stereocenters. The van der Waals surface area contributed by atoms with E-state index in [1.165, 1.54) is 0 Å². The summed E-state index contributed by atoms with van der Waals surface area (Å²) in [5, 5.41) is 4.11. The van der Waals surface area contributed by atoms with Crippen LogP contribution in [0.2, 0.25) is 5.02 Å². The van der Waals surface area contributed by atoms with Gasteiger partial charge < -0.3 is 11.1 Å². The van der Waals surface area contributed by atoms with Gasteiger partial charge in [-0.25, -0.2) is 0 Å². The van der Waals surface area contributed by atoms with Gasteiger partial charge in [0.1, 0.15) is 0 Å². The third-order valence-electron chi connectivity index (χ3n) is 3.06. The van der Waals surface area contributed by atoms with Gasteiger partial charge in [-0.1, -0.05) is 18.5 Å². The van der Waals surface area contributed by atoms with Crippen LogP contribution in [0.15, 0.2) is 24.4 Å². The summed E-state index contributed by atoms with van der Waals surface area (Å²) in [4.78, 5) is 16.2. The molecule has 0 aliphatic heterocycles. The topological polar surface area (TPSA) is 68.0 Å². The van der Waals surface area contributed by atoms with Crippen molar-refractivity contribution in [2.24, 2.45) is 5.73 Å². The van der Waals surface area contributed by atoms with Crippen LogP contribution in [0.25, 0.3) is 10.9 Å². The predicted octanol–water partition coefficient (Wildman–Crippen LogP) is 2.87. The van der Waals surface area contributed by atoms with Gasteiger partial charge in [-0.05, 0) is 37.1 Å². The monoisotopic (exact) mass is 277 g/mol. The number of aryl methyl sites for hydroxylation is 1. The normalized spacial score (nSPS) is 12.4. The molecular formula is C14H16ClN3O. The first-order chi connectivity index (χ1) is 9.04. The van der Waals surface area contributed by atoms with Crippen LogP contribution in [0.5, 0.6) is 0 Å². The van der Waals surface area contributed by atoms with E-state index in [0.717, 1.165) is 16.5 Å². The Balaban J connectivity index is 2.51. The number of carbonyl (C=O) groups excluding carboxylic acids is 1. The molecule has 2 aromatic rings. The second kappa shape index (κ2) is 5.55. The first-order valence-electron chi connectivity index (χ1n) is 6.14. The average Bonchev–Trinajstić information content (AvgIpc) is 2.42. The number of nitrogens with zero attached hydrogens (tertiary/aromatic N) is 1. The van der Waals surface area contributed by atoms with E-state index in [-0.39, 0.29) is 5.91 Å². The number of aromatic nitrogens is 1. The van der Waals surface area contributed by atoms with Crippen LogP contribution >= 0.6 is 11.6 Å². The number of halogens is 1. The zero-order chi connectivity index (χ0) is 14.0. The highest BCUT2D eigenvalue weighted by atomic mass is 35.5. The smallest absolute Gasteiger partial charge is 0.241 e. The number of fused-ring (bicyclic) bond motifs is 1. The van der Waals surface area contributed by atoms with Gasteiger partial charge in [-0.2, -0.15) is 0 Å². The maximum absolute atomic E-state index is 11.9. The molecule has 100 valence electrons. The summed E-state index contributed by atoms with van der Waals surface area (Å²) < 4.78 is 0. The molecule has 1 atom stereocenters. The highest BCUT2D eigenvalue weighted by Gasteiger charge is 2.16. The Morgan fingerprint density at radius 3 is 3.00 bits per heavy atom. The van der Waals surface area contributed by atoms with Crippen molar-refractivity contribution in [2.45, 2.75) is 26.3 Å². The van der Waals surface area contributed by atoms with Gasteiger partial charge in [0.05, 0.1) is 22.3 Å². The number of pyridine rings is 1. The first-order valence-corrected chi connectivity index (χ1v) is 6.52. The van der Waals surface area contributed by atoms with Crippen molar-refractivity contribution in [2.75, 3.05) is 5.32 Å². The molecule has 0 radical (unpaired) electrons. The van der Waals surface area contributed by atoms with Crippen molar-refractivity contribution in [1.29, 1.82) is 0 Å². The molecule has 3 N–H and O–H groups in total. The number of nitrogens with two attached hydrogens (primary N) is 1. The summed E-state index contributed by atoms with van der Waals surface area (Å²) in [7, 11) is 0. The Labute approximate surface area is 117 Å². The van der Waals surface area contributed by atoms with Crippen molar-refractivity contribution in [1.82, 2.24) is 4.98 Å². The molecule has 4 nitrogen and oxygen atoms in total. The number of carbonyl (C=O) groups is 1. The number of hydrogen-bond acceptors (Lipinski definition) is 3. The van der Waals surface area contributed by atoms with E-state index in [0.29, 0.717) is 17.1 Å². The summed E-state index contributed by atoms with van der Waals surface area (Å²) in [6.45, 7) is 3.80. The molecule has 5 heteroatoms. The van der Waals surface area contributed by atoms with Crippen molar-refractivity contribution >= 4 is 34.1 Å². The van der Waals surface area contributed by atoms with Crippen molar-refractivity contribution in [3.63, 3.8) is 0 Å². The van der Waals surface area contributed by atoms with Crippen LogP contribution in [0, 0.1) is 6.92 Å². The van der Waals surface area contributed by atoms with Gasteiger partial charge in [-0.15, -0.1) is 0 Å². The third-order valence-corrected chi connectivity index (χ3v) is 3.36. The minimum Gasteiger partial charge on any atom is -0.323 e. The van der Waals surface area contributed by atoms with Crippen LogP contribution < -0.4 is 11.1 Å². The fourth-order valence-electron chi connectivity index (χ4n) is 1.91. The zero-order valence-electron chi connectivity index (χ0n) is 10.9. The molecule has 0 spiro atoms. The Kier molecular flexibility index (Phi) is 4.02. The van der Waals surface area contributed by atoms with E-state index >= 15 is 0 Å². The second-order valence-corrected chi connectivity index (χ2v) is 4.86. The highest BCUT2D eigenvalue weighted by molar-refractivity contribution is 6.35. The Hall–Kier alpha value is -1.65. The summed E-state index contributed by atoms with van der Waals surface area (Å²) in [6, 6.07) is 4.95. The zero-order valence-corrected chi connectivity index (χ0v) is 11.7. The summed E-state index contributed by atoms with van der Waals surface area (Å²) in [6.07, 6.45) is 2.29. The number of anilines is 1. The van der Waals surface area contributed by atoms with Crippen LogP contribution in [0.3, 0.4) is 0 Å². The third kappa shape index (κ3) is 2.69. The van der Waals surface area contributed by atoms with Gasteiger partial charge in [0.2, 0.25) is 5.91 Å². The van der Waals surface area contributed by atoms with E-state index < -0.39 is 6.04 Å². The Morgan fingerprint density at radius 2 is 2.32 bits per heavy atom. The van der Waals surface area contributed by atoms with Crippen LogP contribution in [-0.4, -0.2) is 16.9 Å². The molecular weight excluding hydrogens is 262 g/mol. The quantitative estimate of drug-likeness (QED) is 0.906. The van der Waals surface area contributed by atoms with Gasteiger partial charge >= 0.3 is 0 Å². The molecule has 0 saturated heterocycles. The fourth-order valence-corrected chi connectivity index (χ4v) is 2.22. The molecule has 0 bridgehead atoms. The lowest BCUT2D eigenvalue weighted by atomic mass is 10.1. The molecule has 1 aromatic heterocycles. The number of benzene rings is 1. The molecule has 0 fully saturated rings. The lowest BCUT2D eigenvalue weighted by molar-refractivity contribution is -0.117. The molecule has 0 aliphatic rings. The van der Waals surface area contributed by atoms with Crippen LogP contribution in [-0.2, 0) is 4.79 Å². The Morgan fingerprint density at radius 1 is 1.58 bits per heavy atom. The fraction of sp³-hybridized carbons (Fsp3) is 0.286. The van der Waals surface area contributed by atoms with Crippen LogP contribution in [0.1, 0.15) is 18.9 Å². The number of rotatable bonds is 3. The van der Waals surface area contributed by atoms with Crippen molar-refractivity contribution in [3.05, 3.63) is 35.0 Å². The average molecular weight is 278 g/mol. The van der Waals surface area contributed by atoms with Crippen molar-refractivity contribution < 1.29 is 4.79 Å². The molecule has 1 heterocycles. The number of nitrogens with one attached hydrogen (secondary N) is 1. The van der Waals surface area contributed by atoms with Crippen molar-refractivity contribution in [3.8, 4) is 0 Å². The highest BCUT2D eigenvalue weighted by Crippen LogP contribution is 2.32. The molecule has 19 heavy (non-hydrogen) atoms. The maximum Gasteiger partial charge on any atom is 0.241 e. The second-order valence-electron chi connectivity index (χ2n) is 4.45. The first kappa shape index (κ1) is 13.8.